The fourth-order valence-corrected chi connectivity index (χ4v) is 1.36. The molecule has 2 heteroatoms. The molecule has 0 fully saturated rings. The zero-order valence-electron chi connectivity index (χ0n) is 10.7. The van der Waals surface area contributed by atoms with Crippen molar-refractivity contribution in [1.82, 2.24) is 5.32 Å². The molecule has 0 aliphatic heterocycles. The monoisotopic (exact) mass is 201 g/mol. The highest BCUT2D eigenvalue weighted by Crippen LogP contribution is 2.25. The normalized spacial score (nSPS) is 14.8. The van der Waals surface area contributed by atoms with Gasteiger partial charge >= 0.3 is 0 Å². The Bertz CT molecular complexity index is 138. The van der Waals surface area contributed by atoms with Crippen LogP contribution in [0.1, 0.15) is 34.6 Å². The molecule has 0 saturated heterocycles. The van der Waals surface area contributed by atoms with E-state index in [0.29, 0.717) is 11.3 Å². The van der Waals surface area contributed by atoms with Crippen LogP contribution in [0.4, 0.5) is 0 Å². The fourth-order valence-electron chi connectivity index (χ4n) is 1.36. The molecular weight excluding hydrogens is 174 g/mol. The van der Waals surface area contributed by atoms with E-state index in [4.69, 9.17) is 4.74 Å². The molecule has 0 amide bonds. The van der Waals surface area contributed by atoms with Crippen LogP contribution in [0.15, 0.2) is 0 Å². The van der Waals surface area contributed by atoms with Crippen molar-refractivity contribution in [2.45, 2.75) is 34.6 Å². The van der Waals surface area contributed by atoms with Crippen LogP contribution in [0.25, 0.3) is 0 Å². The molecule has 86 valence electrons. The van der Waals surface area contributed by atoms with E-state index in [2.05, 4.69) is 39.9 Å². The van der Waals surface area contributed by atoms with Crippen LogP contribution in [0, 0.1) is 17.3 Å². The number of rotatable bonds is 6. The van der Waals surface area contributed by atoms with Gasteiger partial charge in [-0.1, -0.05) is 34.6 Å². The second-order valence-electron chi connectivity index (χ2n) is 5.57. The summed E-state index contributed by atoms with van der Waals surface area (Å²) in [7, 11) is 1.78. The number of ether oxygens (including phenoxy) is 1. The van der Waals surface area contributed by atoms with E-state index in [1.165, 1.54) is 0 Å². The van der Waals surface area contributed by atoms with Gasteiger partial charge in [-0.3, -0.25) is 0 Å². The summed E-state index contributed by atoms with van der Waals surface area (Å²) in [5.74, 6) is 1.31. The molecule has 0 aromatic rings. The molecule has 1 unspecified atom stereocenters. The summed E-state index contributed by atoms with van der Waals surface area (Å²) >= 11 is 0. The lowest BCUT2D eigenvalue weighted by Gasteiger charge is -2.30. The molecule has 2 nitrogen and oxygen atoms in total. The minimum Gasteiger partial charge on any atom is -0.384 e. The van der Waals surface area contributed by atoms with Crippen LogP contribution in [0.2, 0.25) is 0 Å². The first-order chi connectivity index (χ1) is 6.38. The van der Waals surface area contributed by atoms with Crippen LogP contribution < -0.4 is 5.32 Å². The second kappa shape index (κ2) is 6.41. The molecule has 0 aromatic carbocycles. The van der Waals surface area contributed by atoms with Gasteiger partial charge < -0.3 is 10.1 Å². The molecule has 0 radical (unpaired) electrons. The Morgan fingerprint density at radius 2 is 1.71 bits per heavy atom. The Morgan fingerprint density at radius 1 is 1.14 bits per heavy atom. The first-order valence-corrected chi connectivity index (χ1v) is 5.57. The minimum absolute atomic E-state index is 0.319. The molecule has 0 saturated carbocycles. The first kappa shape index (κ1) is 13.9. The zero-order chi connectivity index (χ0) is 11.2. The predicted molar refractivity (Wildman–Crippen MR) is 62.5 cm³/mol. The van der Waals surface area contributed by atoms with Gasteiger partial charge in [-0.25, -0.2) is 0 Å². The average molecular weight is 201 g/mol. The lowest BCUT2D eigenvalue weighted by molar-refractivity contribution is 0.0891. The number of methoxy groups -OCH3 is 1. The largest absolute Gasteiger partial charge is 0.384 e. The molecule has 1 atom stereocenters. The summed E-state index contributed by atoms with van der Waals surface area (Å²) in [6.07, 6.45) is 0. The van der Waals surface area contributed by atoms with E-state index in [-0.39, 0.29) is 0 Å². The average Bonchev–Trinajstić information content (AvgIpc) is 2.00. The Kier molecular flexibility index (Phi) is 6.38. The highest BCUT2D eigenvalue weighted by atomic mass is 16.5. The van der Waals surface area contributed by atoms with Crippen molar-refractivity contribution >= 4 is 0 Å². The molecule has 1 N–H and O–H groups in total. The summed E-state index contributed by atoms with van der Waals surface area (Å²) in [5, 5.41) is 3.50. The maximum atomic E-state index is 5.25. The molecule has 0 aromatic heterocycles. The predicted octanol–water partition coefficient (Wildman–Crippen LogP) is 2.54. The van der Waals surface area contributed by atoms with Crippen molar-refractivity contribution in [3.8, 4) is 0 Å². The van der Waals surface area contributed by atoms with E-state index >= 15 is 0 Å². The summed E-state index contributed by atoms with van der Waals surface area (Å²) < 4.78 is 5.25. The second-order valence-corrected chi connectivity index (χ2v) is 5.57. The Balaban J connectivity index is 3.86. The van der Waals surface area contributed by atoms with E-state index in [9.17, 15) is 0 Å². The molecule has 0 bridgehead atoms. The van der Waals surface area contributed by atoms with Gasteiger partial charge in [0.25, 0.3) is 0 Å². The highest BCUT2D eigenvalue weighted by Gasteiger charge is 2.23. The van der Waals surface area contributed by atoms with Gasteiger partial charge in [0.2, 0.25) is 0 Å². The molecule has 0 rings (SSSR count). The number of hydrogen-bond acceptors (Lipinski definition) is 2. The van der Waals surface area contributed by atoms with Crippen molar-refractivity contribution in [2.24, 2.45) is 17.3 Å². The smallest absolute Gasteiger partial charge is 0.0507 e. The third-order valence-corrected chi connectivity index (χ3v) is 2.54. The Labute approximate surface area is 89.4 Å². The molecule has 0 aliphatic carbocycles. The molecular formula is C12H27NO. The van der Waals surface area contributed by atoms with Crippen LogP contribution in [0.3, 0.4) is 0 Å². The van der Waals surface area contributed by atoms with Gasteiger partial charge in [0, 0.05) is 13.7 Å². The van der Waals surface area contributed by atoms with E-state index in [1.54, 1.807) is 7.11 Å². The first-order valence-electron chi connectivity index (χ1n) is 5.57. The van der Waals surface area contributed by atoms with Crippen LogP contribution >= 0.6 is 0 Å². The van der Waals surface area contributed by atoms with Crippen molar-refractivity contribution in [3.63, 3.8) is 0 Å². The van der Waals surface area contributed by atoms with Gasteiger partial charge in [0.1, 0.15) is 0 Å². The van der Waals surface area contributed by atoms with Crippen LogP contribution in [-0.4, -0.2) is 26.8 Å². The highest BCUT2D eigenvalue weighted by molar-refractivity contribution is 4.75. The van der Waals surface area contributed by atoms with Gasteiger partial charge in [-0.15, -0.1) is 0 Å². The van der Waals surface area contributed by atoms with E-state index in [0.717, 1.165) is 25.6 Å². The summed E-state index contributed by atoms with van der Waals surface area (Å²) in [4.78, 5) is 0. The quantitative estimate of drug-likeness (QED) is 0.713. The van der Waals surface area contributed by atoms with Crippen molar-refractivity contribution in [3.05, 3.63) is 0 Å². The zero-order valence-corrected chi connectivity index (χ0v) is 10.7. The van der Waals surface area contributed by atoms with E-state index < -0.39 is 0 Å². The molecule has 0 heterocycles. The van der Waals surface area contributed by atoms with Gasteiger partial charge in [0.15, 0.2) is 0 Å². The lowest BCUT2D eigenvalue weighted by Crippen LogP contribution is -2.36. The van der Waals surface area contributed by atoms with Crippen molar-refractivity contribution in [1.29, 1.82) is 0 Å². The fraction of sp³-hybridized carbons (Fsp3) is 1.00. The topological polar surface area (TPSA) is 21.3 Å². The van der Waals surface area contributed by atoms with Crippen LogP contribution in [-0.2, 0) is 4.74 Å². The third kappa shape index (κ3) is 6.39. The Hall–Kier alpha value is -0.0800. The third-order valence-electron chi connectivity index (χ3n) is 2.54. The maximum Gasteiger partial charge on any atom is 0.0507 e. The molecule has 0 aliphatic rings. The molecule has 14 heavy (non-hydrogen) atoms. The van der Waals surface area contributed by atoms with E-state index in [1.807, 2.05) is 0 Å². The van der Waals surface area contributed by atoms with Crippen LogP contribution in [0.5, 0.6) is 0 Å². The van der Waals surface area contributed by atoms with Crippen molar-refractivity contribution < 1.29 is 4.74 Å². The minimum atomic E-state index is 0.319. The lowest BCUT2D eigenvalue weighted by atomic mass is 9.81. The van der Waals surface area contributed by atoms with Gasteiger partial charge in [0.05, 0.1) is 6.61 Å². The van der Waals surface area contributed by atoms with Gasteiger partial charge in [-0.05, 0) is 23.8 Å². The SMILES string of the molecule is COCC(CNCC(C)C)C(C)(C)C. The van der Waals surface area contributed by atoms with Gasteiger partial charge in [-0.2, -0.15) is 0 Å². The van der Waals surface area contributed by atoms with Crippen molar-refractivity contribution in [2.75, 3.05) is 26.8 Å². The summed E-state index contributed by atoms with van der Waals surface area (Å²) in [6.45, 7) is 14.3. The number of nitrogens with one attached hydrogen (secondary N) is 1. The summed E-state index contributed by atoms with van der Waals surface area (Å²) in [5.41, 5.74) is 0.319. The number of hydrogen-bond donors (Lipinski definition) is 1. The Morgan fingerprint density at radius 3 is 2.07 bits per heavy atom. The maximum absolute atomic E-state index is 5.25. The summed E-state index contributed by atoms with van der Waals surface area (Å²) in [6, 6.07) is 0. The standard InChI is InChI=1S/C12H27NO/c1-10(2)7-13-8-11(9-14-6)12(3,4)5/h10-11,13H,7-9H2,1-6H3. The molecule has 0 spiro atoms.